The van der Waals surface area contributed by atoms with Gasteiger partial charge in [-0.15, -0.1) is 0 Å². The van der Waals surface area contributed by atoms with Crippen molar-refractivity contribution < 1.29 is 14.0 Å². The predicted octanol–water partition coefficient (Wildman–Crippen LogP) is 3.45. The van der Waals surface area contributed by atoms with Crippen LogP contribution in [0.25, 0.3) is 0 Å². The first-order chi connectivity index (χ1) is 16.7. The number of amides is 2. The van der Waals surface area contributed by atoms with E-state index in [-0.39, 0.29) is 22.9 Å². The van der Waals surface area contributed by atoms with Crippen molar-refractivity contribution in [2.75, 3.05) is 32.5 Å². The maximum Gasteiger partial charge on any atom is 0.270 e. The van der Waals surface area contributed by atoms with Gasteiger partial charge in [0.25, 0.3) is 11.8 Å². The maximum atomic E-state index is 13.7. The minimum Gasteiger partial charge on any atom is -0.369 e. The number of aromatic nitrogens is 1. The highest BCUT2D eigenvalue weighted by Crippen LogP contribution is 2.57. The fourth-order valence-electron chi connectivity index (χ4n) is 6.87. The zero-order chi connectivity index (χ0) is 24.6. The Morgan fingerprint density at radius 2 is 1.66 bits per heavy atom. The quantitative estimate of drug-likeness (QED) is 0.540. The van der Waals surface area contributed by atoms with Crippen molar-refractivity contribution in [3.8, 4) is 0 Å². The molecule has 2 unspecified atom stereocenters. The first-order valence-corrected chi connectivity index (χ1v) is 12.5. The summed E-state index contributed by atoms with van der Waals surface area (Å²) in [5.74, 6) is 0.760. The molecule has 7 nitrogen and oxygen atoms in total. The highest BCUT2D eigenvalue weighted by molar-refractivity contribution is 5.95. The van der Waals surface area contributed by atoms with Crippen LogP contribution in [0.15, 0.2) is 42.5 Å². The van der Waals surface area contributed by atoms with Gasteiger partial charge in [-0.3, -0.25) is 9.59 Å². The second kappa shape index (κ2) is 9.22. The molecule has 0 saturated heterocycles. The molecule has 1 aromatic carbocycles. The lowest BCUT2D eigenvalue weighted by Crippen LogP contribution is -2.69. The first kappa shape index (κ1) is 23.7. The Labute approximate surface area is 205 Å². The van der Waals surface area contributed by atoms with E-state index in [9.17, 15) is 14.0 Å². The van der Waals surface area contributed by atoms with Crippen molar-refractivity contribution in [2.24, 2.45) is 11.8 Å². The number of anilines is 1. The molecule has 0 aliphatic heterocycles. The number of rotatable bonds is 8. The van der Waals surface area contributed by atoms with Crippen LogP contribution < -0.4 is 16.0 Å². The van der Waals surface area contributed by atoms with Crippen molar-refractivity contribution >= 4 is 17.6 Å². The summed E-state index contributed by atoms with van der Waals surface area (Å²) in [5.41, 5.74) is 0.00554. The van der Waals surface area contributed by atoms with Crippen molar-refractivity contribution in [2.45, 2.75) is 49.6 Å². The van der Waals surface area contributed by atoms with E-state index >= 15 is 0 Å². The van der Waals surface area contributed by atoms with E-state index in [1.807, 2.05) is 26.2 Å². The Morgan fingerprint density at radius 3 is 2.31 bits per heavy atom. The Balaban J connectivity index is 1.30. The third kappa shape index (κ3) is 5.17. The summed E-state index contributed by atoms with van der Waals surface area (Å²) in [6, 6.07) is 11.3. The van der Waals surface area contributed by atoms with Gasteiger partial charge in [0.2, 0.25) is 0 Å². The molecule has 2 atom stereocenters. The third-order valence-electron chi connectivity index (χ3n) is 7.75. The van der Waals surface area contributed by atoms with E-state index in [0.717, 1.165) is 45.2 Å². The minimum absolute atomic E-state index is 0.171. The lowest BCUT2D eigenvalue weighted by Gasteiger charge is -2.62. The number of halogens is 1. The number of hydrogen-bond acceptors (Lipinski definition) is 5. The summed E-state index contributed by atoms with van der Waals surface area (Å²) >= 11 is 0. The second-order valence-corrected chi connectivity index (χ2v) is 11.1. The van der Waals surface area contributed by atoms with Crippen molar-refractivity contribution in [3.05, 3.63) is 59.5 Å². The number of nitrogens with zero attached hydrogens (tertiary/aromatic N) is 2. The average molecular weight is 480 g/mol. The van der Waals surface area contributed by atoms with Crippen LogP contribution in [0.4, 0.5) is 10.2 Å². The molecule has 6 rings (SSSR count). The number of carbonyl (C=O) groups excluding carboxylic acids is 2. The van der Waals surface area contributed by atoms with Crippen molar-refractivity contribution in [1.82, 2.24) is 20.5 Å². The highest BCUT2D eigenvalue weighted by atomic mass is 19.1. The minimum atomic E-state index is -0.419. The van der Waals surface area contributed by atoms with Crippen LogP contribution in [0.2, 0.25) is 0 Å². The number of benzene rings is 1. The molecule has 4 aliphatic carbocycles. The topological polar surface area (TPSA) is 86.4 Å². The van der Waals surface area contributed by atoms with Gasteiger partial charge in [0.05, 0.1) is 0 Å². The molecule has 4 bridgehead atoms. The van der Waals surface area contributed by atoms with Gasteiger partial charge in [-0.1, -0.05) is 12.1 Å². The maximum absolute atomic E-state index is 13.7. The number of pyridine rings is 1. The summed E-state index contributed by atoms with van der Waals surface area (Å²) < 4.78 is 13.7. The average Bonchev–Trinajstić information content (AvgIpc) is 2.77. The fraction of sp³-hybridized carbons (Fsp3) is 0.519. The van der Waals surface area contributed by atoms with E-state index in [1.165, 1.54) is 12.1 Å². The Bertz CT molecular complexity index is 1110. The van der Waals surface area contributed by atoms with Gasteiger partial charge in [-0.25, -0.2) is 9.37 Å². The molecule has 4 aliphatic rings. The molecule has 1 heterocycles. The van der Waals surface area contributed by atoms with Crippen LogP contribution in [-0.4, -0.2) is 60.0 Å². The SMILES string of the molecule is CN(C)CCNc1cccc(C(=O)NC23CC4CC(CC(NC(=O)c5cccc(F)c5)(C4)C2)C3)n1. The molecular weight excluding hydrogens is 445 g/mol. The molecule has 0 radical (unpaired) electrons. The van der Waals surface area contributed by atoms with Crippen LogP contribution in [0.1, 0.15) is 59.4 Å². The van der Waals surface area contributed by atoms with Crippen molar-refractivity contribution in [3.63, 3.8) is 0 Å². The molecule has 8 heteroatoms. The summed E-state index contributed by atoms with van der Waals surface area (Å²) in [6.07, 6.45) is 5.50. The summed E-state index contributed by atoms with van der Waals surface area (Å²) in [4.78, 5) is 32.9. The number of hydrogen-bond donors (Lipinski definition) is 3. The zero-order valence-electron chi connectivity index (χ0n) is 20.4. The molecule has 186 valence electrons. The Morgan fingerprint density at radius 1 is 1.00 bits per heavy atom. The molecule has 4 fully saturated rings. The van der Waals surface area contributed by atoms with Gasteiger partial charge < -0.3 is 20.9 Å². The van der Waals surface area contributed by atoms with Gasteiger partial charge in [0, 0.05) is 29.7 Å². The number of likely N-dealkylation sites (N-methyl/N-ethyl adjacent to an activating group) is 1. The van der Waals surface area contributed by atoms with Crippen LogP contribution >= 0.6 is 0 Å². The molecule has 1 aromatic heterocycles. The van der Waals surface area contributed by atoms with Crippen molar-refractivity contribution in [1.29, 1.82) is 0 Å². The lowest BCUT2D eigenvalue weighted by molar-refractivity contribution is -0.0448. The van der Waals surface area contributed by atoms with Crippen LogP contribution in [-0.2, 0) is 0 Å². The Hall–Kier alpha value is -3.00. The van der Waals surface area contributed by atoms with E-state index in [4.69, 9.17) is 0 Å². The Kier molecular flexibility index (Phi) is 6.25. The number of carbonyl (C=O) groups is 2. The lowest BCUT2D eigenvalue weighted by atomic mass is 9.49. The molecule has 2 aromatic rings. The standard InChI is InChI=1S/C27H34FN5O2/c1-33(2)10-9-29-23-8-4-7-22(30-23)25(35)32-27-15-18-11-19(16-27)14-26(13-18,17-27)31-24(34)20-5-3-6-21(28)12-20/h3-8,12,18-19H,9-11,13-17H2,1-2H3,(H,29,30)(H,31,34)(H,32,35). The molecule has 3 N–H and O–H groups in total. The van der Waals surface area contributed by atoms with Gasteiger partial charge >= 0.3 is 0 Å². The van der Waals surface area contributed by atoms with Crippen LogP contribution in [0.5, 0.6) is 0 Å². The smallest absolute Gasteiger partial charge is 0.270 e. The third-order valence-corrected chi connectivity index (χ3v) is 7.75. The molecular formula is C27H34FN5O2. The first-order valence-electron chi connectivity index (χ1n) is 12.5. The van der Waals surface area contributed by atoms with E-state index in [0.29, 0.717) is 35.3 Å². The molecule has 35 heavy (non-hydrogen) atoms. The normalized spacial score (nSPS) is 28.7. The summed E-state index contributed by atoms with van der Waals surface area (Å²) in [6.45, 7) is 1.61. The number of nitrogens with one attached hydrogen (secondary N) is 3. The molecule has 2 amide bonds. The van der Waals surface area contributed by atoms with E-state index in [1.54, 1.807) is 18.2 Å². The van der Waals surface area contributed by atoms with Crippen LogP contribution in [0, 0.1) is 17.7 Å². The zero-order valence-corrected chi connectivity index (χ0v) is 20.4. The largest absolute Gasteiger partial charge is 0.369 e. The van der Waals surface area contributed by atoms with Gasteiger partial charge in [-0.05, 0) is 94.8 Å². The summed E-state index contributed by atoms with van der Waals surface area (Å²) in [5, 5.41) is 9.87. The van der Waals surface area contributed by atoms with Gasteiger partial charge in [0.15, 0.2) is 0 Å². The van der Waals surface area contributed by atoms with E-state index < -0.39 is 5.82 Å². The second-order valence-electron chi connectivity index (χ2n) is 11.1. The predicted molar refractivity (Wildman–Crippen MR) is 133 cm³/mol. The highest BCUT2D eigenvalue weighted by Gasteiger charge is 2.58. The molecule has 4 saturated carbocycles. The molecule has 0 spiro atoms. The van der Waals surface area contributed by atoms with Gasteiger partial charge in [-0.2, -0.15) is 0 Å². The van der Waals surface area contributed by atoms with Crippen LogP contribution in [0.3, 0.4) is 0 Å². The van der Waals surface area contributed by atoms with Gasteiger partial charge in [0.1, 0.15) is 17.3 Å². The monoisotopic (exact) mass is 479 g/mol. The summed E-state index contributed by atoms with van der Waals surface area (Å²) in [7, 11) is 4.02. The fourth-order valence-corrected chi connectivity index (χ4v) is 6.87. The van der Waals surface area contributed by atoms with E-state index in [2.05, 4.69) is 25.8 Å².